The molecule has 5 nitrogen and oxygen atoms in total. The number of hydrogen-bond acceptors (Lipinski definition) is 5. The van der Waals surface area contributed by atoms with Crippen LogP contribution in [0.3, 0.4) is 0 Å². The molecule has 34 heavy (non-hydrogen) atoms. The summed E-state index contributed by atoms with van der Waals surface area (Å²) in [6, 6.07) is 30.8. The van der Waals surface area contributed by atoms with Crippen molar-refractivity contribution < 1.29 is 14.3 Å². The topological polar surface area (TPSA) is 85.3 Å². The van der Waals surface area contributed by atoms with Crippen LogP contribution in [-0.2, 0) is 4.79 Å². The third-order valence-corrected chi connectivity index (χ3v) is 5.75. The zero-order valence-corrected chi connectivity index (χ0v) is 18.1. The van der Waals surface area contributed by atoms with E-state index in [2.05, 4.69) is 6.07 Å². The first-order valence-corrected chi connectivity index (χ1v) is 10.8. The van der Waals surface area contributed by atoms with Crippen LogP contribution in [0.25, 0.3) is 16.8 Å². The van der Waals surface area contributed by atoms with Crippen molar-refractivity contribution >= 4 is 22.8 Å². The third kappa shape index (κ3) is 4.01. The predicted octanol–water partition coefficient (Wildman–Crippen LogP) is 5.68. The van der Waals surface area contributed by atoms with E-state index in [9.17, 15) is 10.1 Å². The van der Waals surface area contributed by atoms with E-state index in [0.29, 0.717) is 17.1 Å². The van der Waals surface area contributed by atoms with Gasteiger partial charge in [-0.15, -0.1) is 0 Å². The monoisotopic (exact) mass is 444 g/mol. The van der Waals surface area contributed by atoms with E-state index in [1.807, 2.05) is 78.9 Å². The van der Waals surface area contributed by atoms with Gasteiger partial charge in [0.1, 0.15) is 23.1 Å². The van der Waals surface area contributed by atoms with Crippen LogP contribution in [0.15, 0.2) is 109 Å². The maximum Gasteiger partial charge on any atom is 0.336 e. The molecule has 2 N–H and O–H groups in total. The molecule has 0 spiro atoms. The van der Waals surface area contributed by atoms with Gasteiger partial charge in [0, 0.05) is 17.7 Å². The molecule has 5 heteroatoms. The molecular formula is C29H20N2O3. The third-order valence-electron chi connectivity index (χ3n) is 5.75. The van der Waals surface area contributed by atoms with Crippen LogP contribution in [0.1, 0.15) is 22.6 Å². The summed E-state index contributed by atoms with van der Waals surface area (Å²) in [5, 5.41) is 12.0. The van der Waals surface area contributed by atoms with E-state index in [1.165, 1.54) is 6.08 Å². The second kappa shape index (κ2) is 8.97. The van der Waals surface area contributed by atoms with Crippen LogP contribution in [0, 0.1) is 11.3 Å². The average molecular weight is 444 g/mol. The van der Waals surface area contributed by atoms with Gasteiger partial charge >= 0.3 is 5.97 Å². The normalized spacial score (nSPS) is 15.0. The minimum Gasteiger partial charge on any atom is -0.440 e. The van der Waals surface area contributed by atoms with Crippen molar-refractivity contribution in [3.63, 3.8) is 0 Å². The molecule has 4 aromatic rings. The van der Waals surface area contributed by atoms with Crippen LogP contribution >= 0.6 is 0 Å². The largest absolute Gasteiger partial charge is 0.440 e. The summed E-state index contributed by atoms with van der Waals surface area (Å²) in [7, 11) is 0. The van der Waals surface area contributed by atoms with E-state index < -0.39 is 11.9 Å². The van der Waals surface area contributed by atoms with Gasteiger partial charge in [-0.25, -0.2) is 4.79 Å². The molecule has 0 bridgehead atoms. The fourth-order valence-corrected chi connectivity index (χ4v) is 4.20. The summed E-state index contributed by atoms with van der Waals surface area (Å²) in [4.78, 5) is 12.3. The molecular weight excluding hydrogens is 424 g/mol. The average Bonchev–Trinajstić information content (AvgIpc) is 2.87. The van der Waals surface area contributed by atoms with Crippen LogP contribution in [-0.4, -0.2) is 5.97 Å². The van der Waals surface area contributed by atoms with Crippen LogP contribution in [0.5, 0.6) is 11.5 Å². The van der Waals surface area contributed by atoms with Gasteiger partial charge in [-0.2, -0.15) is 5.26 Å². The zero-order chi connectivity index (χ0) is 23.5. The standard InChI is InChI=1S/C29H20N2O3/c30-18-25-28(23-12-6-10-20-9-4-5-11-22(20)23)24-15-14-21(17-26(24)34-29(25)31)33-27(32)16-13-19-7-2-1-3-8-19/h1-17,28H,31H2/b16-13+. The molecule has 0 saturated heterocycles. The van der Waals surface area contributed by atoms with Gasteiger partial charge in [0.25, 0.3) is 0 Å². The highest BCUT2D eigenvalue weighted by atomic mass is 16.5. The van der Waals surface area contributed by atoms with E-state index in [4.69, 9.17) is 15.2 Å². The molecule has 0 aliphatic carbocycles. The first-order chi connectivity index (χ1) is 16.6. The van der Waals surface area contributed by atoms with Crippen LogP contribution < -0.4 is 15.2 Å². The van der Waals surface area contributed by atoms with Gasteiger partial charge in [-0.05, 0) is 34.0 Å². The highest BCUT2D eigenvalue weighted by Crippen LogP contribution is 2.45. The fourth-order valence-electron chi connectivity index (χ4n) is 4.20. The first-order valence-electron chi connectivity index (χ1n) is 10.8. The number of rotatable bonds is 4. The first kappa shape index (κ1) is 21.0. The SMILES string of the molecule is N#CC1=C(N)Oc2cc(OC(=O)/C=C/c3ccccc3)ccc2C1c1cccc2ccccc12. The van der Waals surface area contributed by atoms with E-state index in [-0.39, 0.29) is 5.88 Å². The number of nitrogens with zero attached hydrogens (tertiary/aromatic N) is 1. The summed E-state index contributed by atoms with van der Waals surface area (Å²) in [6.07, 6.45) is 3.06. The van der Waals surface area contributed by atoms with Gasteiger partial charge in [-0.3, -0.25) is 0 Å². The van der Waals surface area contributed by atoms with E-state index in [1.54, 1.807) is 18.2 Å². The molecule has 4 aromatic carbocycles. The second-order valence-electron chi connectivity index (χ2n) is 7.86. The van der Waals surface area contributed by atoms with Gasteiger partial charge in [0.05, 0.1) is 5.92 Å². The number of benzene rings is 4. The van der Waals surface area contributed by atoms with Crippen LogP contribution in [0.4, 0.5) is 0 Å². The van der Waals surface area contributed by atoms with Gasteiger partial charge in [-0.1, -0.05) is 78.9 Å². The number of hydrogen-bond donors (Lipinski definition) is 1. The van der Waals surface area contributed by atoms with Gasteiger partial charge in [0.15, 0.2) is 0 Å². The minimum atomic E-state index is -0.508. The number of carbonyl (C=O) groups is 1. The molecule has 0 radical (unpaired) electrons. The molecule has 0 amide bonds. The minimum absolute atomic E-state index is 0.0420. The molecule has 0 saturated carbocycles. The lowest BCUT2D eigenvalue weighted by atomic mass is 9.81. The number of carbonyl (C=O) groups excluding carboxylic acids is 1. The Balaban J connectivity index is 1.49. The summed E-state index contributed by atoms with van der Waals surface area (Å²) >= 11 is 0. The Morgan fingerprint density at radius 2 is 1.71 bits per heavy atom. The van der Waals surface area contributed by atoms with E-state index in [0.717, 1.165) is 27.5 Å². The quantitative estimate of drug-likeness (QED) is 0.249. The van der Waals surface area contributed by atoms with E-state index >= 15 is 0 Å². The van der Waals surface area contributed by atoms with Crippen molar-refractivity contribution in [3.8, 4) is 17.6 Å². The Labute approximate surface area is 197 Å². The number of allylic oxidation sites excluding steroid dienone is 1. The lowest BCUT2D eigenvalue weighted by molar-refractivity contribution is -0.128. The second-order valence-corrected chi connectivity index (χ2v) is 7.86. The highest BCUT2D eigenvalue weighted by molar-refractivity contribution is 5.89. The number of fused-ring (bicyclic) bond motifs is 2. The zero-order valence-electron chi connectivity index (χ0n) is 18.1. The molecule has 1 heterocycles. The lowest BCUT2D eigenvalue weighted by Gasteiger charge is -2.27. The predicted molar refractivity (Wildman–Crippen MR) is 131 cm³/mol. The molecule has 0 aromatic heterocycles. The molecule has 1 aliphatic rings. The van der Waals surface area contributed by atoms with Gasteiger partial charge < -0.3 is 15.2 Å². The Bertz CT molecular complexity index is 1490. The lowest BCUT2D eigenvalue weighted by Crippen LogP contribution is -2.21. The van der Waals surface area contributed by atoms with Crippen LogP contribution in [0.2, 0.25) is 0 Å². The smallest absolute Gasteiger partial charge is 0.336 e. The summed E-state index contributed by atoms with van der Waals surface area (Å²) in [6.45, 7) is 0. The maximum atomic E-state index is 12.3. The van der Waals surface area contributed by atoms with Crippen molar-refractivity contribution in [2.75, 3.05) is 0 Å². The molecule has 1 atom stereocenters. The van der Waals surface area contributed by atoms with Crippen molar-refractivity contribution in [1.82, 2.24) is 0 Å². The summed E-state index contributed by atoms with van der Waals surface area (Å²) < 4.78 is 11.3. The number of ether oxygens (including phenoxy) is 2. The van der Waals surface area contributed by atoms with Crippen molar-refractivity contribution in [1.29, 1.82) is 5.26 Å². The van der Waals surface area contributed by atoms with Gasteiger partial charge in [0.2, 0.25) is 5.88 Å². The molecule has 164 valence electrons. The number of esters is 1. The fraction of sp³-hybridized carbons (Fsp3) is 0.0345. The van der Waals surface area contributed by atoms with Crippen molar-refractivity contribution in [2.24, 2.45) is 5.73 Å². The van der Waals surface area contributed by atoms with Crippen molar-refractivity contribution in [2.45, 2.75) is 5.92 Å². The number of nitrogens with two attached hydrogens (primary N) is 1. The Hall–Kier alpha value is -4.82. The highest BCUT2D eigenvalue weighted by Gasteiger charge is 2.32. The summed E-state index contributed by atoms with van der Waals surface area (Å²) in [5.41, 5.74) is 9.13. The van der Waals surface area contributed by atoms with Crippen molar-refractivity contribution in [3.05, 3.63) is 125 Å². The molecule has 1 aliphatic heterocycles. The molecule has 0 fully saturated rings. The Morgan fingerprint density at radius 1 is 0.941 bits per heavy atom. The molecule has 1 unspecified atom stereocenters. The maximum absolute atomic E-state index is 12.3. The molecule has 5 rings (SSSR count). The Kier molecular flexibility index (Phi) is 5.55. The number of nitriles is 1. The summed E-state index contributed by atoms with van der Waals surface area (Å²) in [5.74, 6) is -0.0903. The Morgan fingerprint density at radius 3 is 2.53 bits per heavy atom.